The zero-order chi connectivity index (χ0) is 13.1. The van der Waals surface area contributed by atoms with E-state index >= 15 is 0 Å². The summed E-state index contributed by atoms with van der Waals surface area (Å²) in [5.74, 6) is 0.877. The van der Waals surface area contributed by atoms with Crippen LogP contribution in [0.25, 0.3) is 0 Å². The molecular formula is C15H22O3. The summed E-state index contributed by atoms with van der Waals surface area (Å²) >= 11 is 0. The smallest absolute Gasteiger partial charge is 0.122 e. The Hall–Kier alpha value is -1.06. The summed E-state index contributed by atoms with van der Waals surface area (Å²) < 4.78 is 11.5. The standard InChI is InChI=1S/C15H22O3/c1-10-8-13(12(3)16)5-7-15(10)17-9-14-6-4-11(2)18-14/h5,7-8,11-12,14,16H,4,6,9H2,1-3H3. The largest absolute Gasteiger partial charge is 0.491 e. The second-order valence-corrected chi connectivity index (χ2v) is 5.16. The second kappa shape index (κ2) is 5.72. The first-order valence-corrected chi connectivity index (χ1v) is 6.63. The van der Waals surface area contributed by atoms with Gasteiger partial charge in [-0.25, -0.2) is 0 Å². The Balaban J connectivity index is 1.93. The summed E-state index contributed by atoms with van der Waals surface area (Å²) in [4.78, 5) is 0. The summed E-state index contributed by atoms with van der Waals surface area (Å²) in [5, 5.41) is 9.51. The molecule has 0 radical (unpaired) electrons. The lowest BCUT2D eigenvalue weighted by Gasteiger charge is -2.15. The molecular weight excluding hydrogens is 228 g/mol. The van der Waals surface area contributed by atoms with Gasteiger partial charge in [0.05, 0.1) is 18.3 Å². The minimum atomic E-state index is -0.434. The van der Waals surface area contributed by atoms with E-state index in [1.165, 1.54) is 0 Å². The Kier molecular flexibility index (Phi) is 4.25. The predicted octanol–water partition coefficient (Wildman–Crippen LogP) is 2.99. The second-order valence-electron chi connectivity index (χ2n) is 5.16. The molecule has 0 spiro atoms. The molecule has 1 aromatic rings. The van der Waals surface area contributed by atoms with Crippen LogP contribution in [-0.4, -0.2) is 23.9 Å². The number of aliphatic hydroxyl groups is 1. The van der Waals surface area contributed by atoms with Gasteiger partial charge < -0.3 is 14.6 Å². The van der Waals surface area contributed by atoms with Crippen LogP contribution in [-0.2, 0) is 4.74 Å². The lowest BCUT2D eigenvalue weighted by Crippen LogP contribution is -2.18. The van der Waals surface area contributed by atoms with E-state index < -0.39 is 6.10 Å². The zero-order valence-electron chi connectivity index (χ0n) is 11.3. The molecule has 100 valence electrons. The zero-order valence-corrected chi connectivity index (χ0v) is 11.3. The minimum absolute atomic E-state index is 0.218. The molecule has 1 aromatic carbocycles. The SMILES string of the molecule is Cc1cc(C(C)O)ccc1OCC1CCC(C)O1. The number of aryl methyl sites for hydroxylation is 1. The third-order valence-corrected chi connectivity index (χ3v) is 3.43. The molecule has 1 saturated heterocycles. The number of hydrogen-bond acceptors (Lipinski definition) is 3. The van der Waals surface area contributed by atoms with Crippen LogP contribution in [0.4, 0.5) is 0 Å². The van der Waals surface area contributed by atoms with Gasteiger partial charge in [0.25, 0.3) is 0 Å². The fourth-order valence-electron chi connectivity index (χ4n) is 2.28. The number of ether oxygens (including phenoxy) is 2. The average molecular weight is 250 g/mol. The van der Waals surface area contributed by atoms with Crippen LogP contribution in [0.5, 0.6) is 5.75 Å². The lowest BCUT2D eigenvalue weighted by molar-refractivity contribution is 0.0263. The molecule has 0 aliphatic carbocycles. The number of benzene rings is 1. The van der Waals surface area contributed by atoms with Crippen LogP contribution >= 0.6 is 0 Å². The molecule has 1 aliphatic rings. The number of hydrogen-bond donors (Lipinski definition) is 1. The third-order valence-electron chi connectivity index (χ3n) is 3.43. The molecule has 1 heterocycles. The van der Waals surface area contributed by atoms with Crippen molar-refractivity contribution in [3.63, 3.8) is 0 Å². The van der Waals surface area contributed by atoms with Gasteiger partial charge in [-0.3, -0.25) is 0 Å². The molecule has 1 aliphatic heterocycles. The molecule has 3 heteroatoms. The van der Waals surface area contributed by atoms with Crippen molar-refractivity contribution >= 4 is 0 Å². The van der Waals surface area contributed by atoms with Crippen LogP contribution in [0.1, 0.15) is 43.9 Å². The fourth-order valence-corrected chi connectivity index (χ4v) is 2.28. The Morgan fingerprint density at radius 2 is 2.22 bits per heavy atom. The van der Waals surface area contributed by atoms with Gasteiger partial charge in [0.1, 0.15) is 12.4 Å². The van der Waals surface area contributed by atoms with Gasteiger partial charge in [-0.05, 0) is 56.9 Å². The van der Waals surface area contributed by atoms with Crippen molar-refractivity contribution < 1.29 is 14.6 Å². The van der Waals surface area contributed by atoms with E-state index in [1.807, 2.05) is 25.1 Å². The molecule has 0 bridgehead atoms. The Bertz CT molecular complexity index is 401. The average Bonchev–Trinajstić information content (AvgIpc) is 2.73. The monoisotopic (exact) mass is 250 g/mol. The van der Waals surface area contributed by atoms with Gasteiger partial charge in [-0.2, -0.15) is 0 Å². The van der Waals surface area contributed by atoms with Crippen molar-refractivity contribution in [3.05, 3.63) is 29.3 Å². The Morgan fingerprint density at radius 3 is 2.78 bits per heavy atom. The molecule has 0 amide bonds. The molecule has 3 nitrogen and oxygen atoms in total. The highest BCUT2D eigenvalue weighted by Crippen LogP contribution is 2.25. The van der Waals surface area contributed by atoms with Gasteiger partial charge >= 0.3 is 0 Å². The maximum absolute atomic E-state index is 9.51. The van der Waals surface area contributed by atoms with Crippen LogP contribution in [0.3, 0.4) is 0 Å². The predicted molar refractivity (Wildman–Crippen MR) is 70.9 cm³/mol. The van der Waals surface area contributed by atoms with Crippen LogP contribution in [0, 0.1) is 6.92 Å². The van der Waals surface area contributed by atoms with Gasteiger partial charge in [-0.1, -0.05) is 6.07 Å². The first kappa shape index (κ1) is 13.4. The van der Waals surface area contributed by atoms with Crippen molar-refractivity contribution in [1.29, 1.82) is 0 Å². The van der Waals surface area contributed by atoms with Crippen LogP contribution < -0.4 is 4.74 Å². The Labute approximate surface area is 109 Å². The van der Waals surface area contributed by atoms with E-state index in [2.05, 4.69) is 6.92 Å². The summed E-state index contributed by atoms with van der Waals surface area (Å²) in [6.07, 6.45) is 2.34. The van der Waals surface area contributed by atoms with Crippen LogP contribution in [0.15, 0.2) is 18.2 Å². The molecule has 0 saturated carbocycles. The van der Waals surface area contributed by atoms with E-state index in [0.29, 0.717) is 12.7 Å². The third kappa shape index (κ3) is 3.24. The topological polar surface area (TPSA) is 38.7 Å². The van der Waals surface area contributed by atoms with E-state index in [4.69, 9.17) is 9.47 Å². The van der Waals surface area contributed by atoms with E-state index in [-0.39, 0.29) is 6.10 Å². The maximum Gasteiger partial charge on any atom is 0.122 e. The highest BCUT2D eigenvalue weighted by Gasteiger charge is 2.22. The first-order chi connectivity index (χ1) is 8.56. The van der Waals surface area contributed by atoms with Crippen molar-refractivity contribution in [2.45, 2.75) is 51.9 Å². The van der Waals surface area contributed by atoms with Crippen molar-refractivity contribution in [3.8, 4) is 5.75 Å². The van der Waals surface area contributed by atoms with Crippen molar-refractivity contribution in [1.82, 2.24) is 0 Å². The summed E-state index contributed by atoms with van der Waals surface area (Å²) in [6.45, 7) is 6.48. The molecule has 3 atom stereocenters. The quantitative estimate of drug-likeness (QED) is 0.892. The molecule has 0 aromatic heterocycles. The maximum atomic E-state index is 9.51. The van der Waals surface area contributed by atoms with Gasteiger partial charge in [0, 0.05) is 0 Å². The van der Waals surface area contributed by atoms with Gasteiger partial charge in [-0.15, -0.1) is 0 Å². The Morgan fingerprint density at radius 1 is 1.44 bits per heavy atom. The molecule has 18 heavy (non-hydrogen) atoms. The highest BCUT2D eigenvalue weighted by atomic mass is 16.5. The number of aliphatic hydroxyl groups excluding tert-OH is 1. The normalized spacial score (nSPS) is 25.1. The molecule has 1 fully saturated rings. The van der Waals surface area contributed by atoms with Crippen molar-refractivity contribution in [2.75, 3.05) is 6.61 Å². The van der Waals surface area contributed by atoms with Crippen LogP contribution in [0.2, 0.25) is 0 Å². The summed E-state index contributed by atoms with van der Waals surface area (Å²) in [6, 6.07) is 5.80. The molecule has 1 N–H and O–H groups in total. The first-order valence-electron chi connectivity index (χ1n) is 6.63. The summed E-state index contributed by atoms with van der Waals surface area (Å²) in [7, 11) is 0. The van der Waals surface area contributed by atoms with E-state index in [9.17, 15) is 5.11 Å². The van der Waals surface area contributed by atoms with E-state index in [1.54, 1.807) is 6.92 Å². The minimum Gasteiger partial charge on any atom is -0.491 e. The van der Waals surface area contributed by atoms with E-state index in [0.717, 1.165) is 29.7 Å². The fraction of sp³-hybridized carbons (Fsp3) is 0.600. The summed E-state index contributed by atoms with van der Waals surface area (Å²) in [5.41, 5.74) is 1.98. The highest BCUT2D eigenvalue weighted by molar-refractivity contribution is 5.36. The number of rotatable bonds is 4. The lowest BCUT2D eigenvalue weighted by atomic mass is 10.1. The van der Waals surface area contributed by atoms with Gasteiger partial charge in [0.2, 0.25) is 0 Å². The molecule has 2 rings (SSSR count). The molecule has 3 unspecified atom stereocenters. The van der Waals surface area contributed by atoms with Crippen molar-refractivity contribution in [2.24, 2.45) is 0 Å². The van der Waals surface area contributed by atoms with Gasteiger partial charge in [0.15, 0.2) is 0 Å².